The van der Waals surface area contributed by atoms with Crippen LogP contribution in [0.2, 0.25) is 0 Å². The maximum absolute atomic E-state index is 5.44. The average molecular weight is 186 g/mol. The molecule has 0 aliphatic carbocycles. The van der Waals surface area contributed by atoms with Crippen LogP contribution in [0.15, 0.2) is 30.3 Å². The van der Waals surface area contributed by atoms with Gasteiger partial charge >= 0.3 is 0 Å². The van der Waals surface area contributed by atoms with E-state index in [1.165, 1.54) is 21.9 Å². The third kappa shape index (κ3) is 1.25. The Morgan fingerprint density at radius 3 is 2.50 bits per heavy atom. The molecule has 0 spiro atoms. The highest BCUT2D eigenvalue weighted by molar-refractivity contribution is 5.90. The molecule has 0 unspecified atom stereocenters. The van der Waals surface area contributed by atoms with Gasteiger partial charge in [0.1, 0.15) is 5.75 Å². The van der Waals surface area contributed by atoms with Crippen LogP contribution in [0.25, 0.3) is 10.8 Å². The van der Waals surface area contributed by atoms with Gasteiger partial charge in [-0.3, -0.25) is 0 Å². The molecule has 2 aromatic carbocycles. The smallest absolute Gasteiger partial charge is 0.129 e. The van der Waals surface area contributed by atoms with Crippen molar-refractivity contribution in [3.63, 3.8) is 0 Å². The number of rotatable bonds is 1. The Labute approximate surface area is 84.3 Å². The maximum Gasteiger partial charge on any atom is 0.129 e. The molecular formula is C13H14O. The second kappa shape index (κ2) is 3.33. The van der Waals surface area contributed by atoms with E-state index in [1.54, 1.807) is 7.11 Å². The molecule has 0 aliphatic rings. The standard InChI is InChI=1S/C13H14O/c1-9-8-11-6-4-5-7-12(11)13(14-3)10(9)2/h4-8H,1-3H3. The second-order valence-electron chi connectivity index (χ2n) is 3.57. The van der Waals surface area contributed by atoms with Crippen molar-refractivity contribution in [2.24, 2.45) is 0 Å². The van der Waals surface area contributed by atoms with E-state index in [9.17, 15) is 0 Å². The van der Waals surface area contributed by atoms with E-state index >= 15 is 0 Å². The Balaban J connectivity index is 2.89. The van der Waals surface area contributed by atoms with E-state index < -0.39 is 0 Å². The number of hydrogen-bond donors (Lipinski definition) is 0. The predicted octanol–water partition coefficient (Wildman–Crippen LogP) is 3.47. The lowest BCUT2D eigenvalue weighted by Crippen LogP contribution is -1.91. The summed E-state index contributed by atoms with van der Waals surface area (Å²) in [6, 6.07) is 10.5. The fourth-order valence-electron chi connectivity index (χ4n) is 1.82. The van der Waals surface area contributed by atoms with Gasteiger partial charge in [0.05, 0.1) is 7.11 Å². The van der Waals surface area contributed by atoms with Crippen molar-refractivity contribution in [1.29, 1.82) is 0 Å². The third-order valence-corrected chi connectivity index (χ3v) is 2.71. The molecule has 0 amide bonds. The summed E-state index contributed by atoms with van der Waals surface area (Å²) in [4.78, 5) is 0. The minimum absolute atomic E-state index is 1.00. The number of benzene rings is 2. The normalized spacial score (nSPS) is 10.5. The van der Waals surface area contributed by atoms with Crippen molar-refractivity contribution >= 4 is 10.8 Å². The van der Waals surface area contributed by atoms with Crippen molar-refractivity contribution in [2.45, 2.75) is 13.8 Å². The summed E-state index contributed by atoms with van der Waals surface area (Å²) >= 11 is 0. The minimum Gasteiger partial charge on any atom is -0.496 e. The number of hydrogen-bond acceptors (Lipinski definition) is 1. The lowest BCUT2D eigenvalue weighted by Gasteiger charge is -2.11. The number of fused-ring (bicyclic) bond motifs is 1. The number of aryl methyl sites for hydroxylation is 1. The quantitative estimate of drug-likeness (QED) is 0.662. The van der Waals surface area contributed by atoms with Crippen molar-refractivity contribution < 1.29 is 4.74 Å². The topological polar surface area (TPSA) is 9.23 Å². The van der Waals surface area contributed by atoms with Crippen molar-refractivity contribution in [3.8, 4) is 5.75 Å². The van der Waals surface area contributed by atoms with Crippen LogP contribution < -0.4 is 4.74 Å². The molecule has 0 atom stereocenters. The van der Waals surface area contributed by atoms with Gasteiger partial charge in [-0.25, -0.2) is 0 Å². The molecule has 0 aromatic heterocycles. The summed E-state index contributed by atoms with van der Waals surface area (Å²) in [7, 11) is 1.73. The molecule has 72 valence electrons. The average Bonchev–Trinajstić information content (AvgIpc) is 2.20. The predicted molar refractivity (Wildman–Crippen MR) is 60.0 cm³/mol. The van der Waals surface area contributed by atoms with Gasteiger partial charge < -0.3 is 4.74 Å². The summed E-state index contributed by atoms with van der Waals surface area (Å²) < 4.78 is 5.44. The lowest BCUT2D eigenvalue weighted by atomic mass is 10.0. The zero-order valence-electron chi connectivity index (χ0n) is 8.79. The molecule has 0 bridgehead atoms. The number of ether oxygens (including phenoxy) is 1. The zero-order chi connectivity index (χ0) is 10.1. The van der Waals surface area contributed by atoms with E-state index in [2.05, 4.69) is 38.1 Å². The first-order valence-electron chi connectivity index (χ1n) is 4.77. The molecule has 2 aromatic rings. The first-order valence-corrected chi connectivity index (χ1v) is 4.77. The molecule has 0 fully saturated rings. The van der Waals surface area contributed by atoms with E-state index in [0.717, 1.165) is 5.75 Å². The highest BCUT2D eigenvalue weighted by atomic mass is 16.5. The van der Waals surface area contributed by atoms with E-state index in [0.29, 0.717) is 0 Å². The molecule has 0 radical (unpaired) electrons. The first-order chi connectivity index (χ1) is 6.74. The zero-order valence-corrected chi connectivity index (χ0v) is 8.79. The molecule has 0 saturated carbocycles. The largest absolute Gasteiger partial charge is 0.496 e. The van der Waals surface area contributed by atoms with E-state index in [-0.39, 0.29) is 0 Å². The second-order valence-corrected chi connectivity index (χ2v) is 3.57. The summed E-state index contributed by atoms with van der Waals surface area (Å²) in [6.07, 6.45) is 0. The Morgan fingerprint density at radius 2 is 1.79 bits per heavy atom. The Morgan fingerprint density at radius 1 is 1.07 bits per heavy atom. The molecule has 0 aliphatic heterocycles. The van der Waals surface area contributed by atoms with Gasteiger partial charge in [0.25, 0.3) is 0 Å². The summed E-state index contributed by atoms with van der Waals surface area (Å²) in [6.45, 7) is 4.21. The van der Waals surface area contributed by atoms with Gasteiger partial charge in [-0.2, -0.15) is 0 Å². The molecule has 2 rings (SSSR count). The van der Waals surface area contributed by atoms with Crippen molar-refractivity contribution in [1.82, 2.24) is 0 Å². The van der Waals surface area contributed by atoms with Gasteiger partial charge in [-0.15, -0.1) is 0 Å². The fraction of sp³-hybridized carbons (Fsp3) is 0.231. The van der Waals surface area contributed by atoms with Crippen LogP contribution in [-0.4, -0.2) is 7.11 Å². The van der Waals surface area contributed by atoms with Crippen LogP contribution in [0.5, 0.6) is 5.75 Å². The molecule has 0 saturated heterocycles. The summed E-state index contributed by atoms with van der Waals surface area (Å²) in [5.41, 5.74) is 2.51. The van der Waals surface area contributed by atoms with Gasteiger partial charge in [0.15, 0.2) is 0 Å². The van der Waals surface area contributed by atoms with Crippen molar-refractivity contribution in [3.05, 3.63) is 41.5 Å². The monoisotopic (exact) mass is 186 g/mol. The van der Waals surface area contributed by atoms with Crippen LogP contribution >= 0.6 is 0 Å². The molecule has 0 N–H and O–H groups in total. The van der Waals surface area contributed by atoms with Crippen LogP contribution in [0.4, 0.5) is 0 Å². The van der Waals surface area contributed by atoms with Crippen LogP contribution in [0.1, 0.15) is 11.1 Å². The molecule has 1 nitrogen and oxygen atoms in total. The fourth-order valence-corrected chi connectivity index (χ4v) is 1.82. The highest BCUT2D eigenvalue weighted by Crippen LogP contribution is 2.31. The SMILES string of the molecule is COc1c(C)c(C)cc2ccccc12. The maximum atomic E-state index is 5.44. The van der Waals surface area contributed by atoms with E-state index in [4.69, 9.17) is 4.74 Å². The third-order valence-electron chi connectivity index (χ3n) is 2.71. The summed E-state index contributed by atoms with van der Waals surface area (Å²) in [5.74, 6) is 1.00. The van der Waals surface area contributed by atoms with E-state index in [1.807, 2.05) is 6.07 Å². The number of methoxy groups -OCH3 is 1. The molecular weight excluding hydrogens is 172 g/mol. The molecule has 0 heterocycles. The Kier molecular flexibility index (Phi) is 2.16. The lowest BCUT2D eigenvalue weighted by molar-refractivity contribution is 0.416. The molecule has 1 heteroatoms. The Bertz CT molecular complexity index is 472. The molecule has 14 heavy (non-hydrogen) atoms. The van der Waals surface area contributed by atoms with Gasteiger partial charge in [-0.05, 0) is 30.4 Å². The summed E-state index contributed by atoms with van der Waals surface area (Å²) in [5, 5.41) is 2.44. The van der Waals surface area contributed by atoms with Gasteiger partial charge in [-0.1, -0.05) is 30.3 Å². The highest BCUT2D eigenvalue weighted by Gasteiger charge is 2.06. The Hall–Kier alpha value is -1.50. The minimum atomic E-state index is 1.00. The van der Waals surface area contributed by atoms with Gasteiger partial charge in [0, 0.05) is 5.39 Å². The van der Waals surface area contributed by atoms with Crippen LogP contribution in [-0.2, 0) is 0 Å². The van der Waals surface area contributed by atoms with Crippen molar-refractivity contribution in [2.75, 3.05) is 7.11 Å². The van der Waals surface area contributed by atoms with Crippen LogP contribution in [0, 0.1) is 13.8 Å². The first kappa shape index (κ1) is 9.07. The van der Waals surface area contributed by atoms with Gasteiger partial charge in [0.2, 0.25) is 0 Å². The van der Waals surface area contributed by atoms with Crippen LogP contribution in [0.3, 0.4) is 0 Å².